The summed E-state index contributed by atoms with van der Waals surface area (Å²) in [6, 6.07) is 4.72. The van der Waals surface area contributed by atoms with E-state index in [-0.39, 0.29) is 12.6 Å². The number of piperidine rings is 1. The van der Waals surface area contributed by atoms with Gasteiger partial charge in [0, 0.05) is 42.3 Å². The molecule has 1 amide bonds. The molecule has 33 heavy (non-hydrogen) atoms. The number of rotatable bonds is 5. The maximum atomic E-state index is 11.3. The van der Waals surface area contributed by atoms with Gasteiger partial charge < -0.3 is 25.1 Å². The van der Waals surface area contributed by atoms with E-state index in [0.29, 0.717) is 17.0 Å². The first-order valence-corrected chi connectivity index (χ1v) is 12.1. The summed E-state index contributed by atoms with van der Waals surface area (Å²) in [7, 11) is 0. The zero-order valence-corrected chi connectivity index (χ0v) is 20.0. The molecule has 0 bridgehead atoms. The number of amides is 1. The van der Waals surface area contributed by atoms with E-state index in [1.807, 2.05) is 12.1 Å². The summed E-state index contributed by atoms with van der Waals surface area (Å²) in [5, 5.41) is 13.4. The van der Waals surface area contributed by atoms with E-state index in [1.54, 1.807) is 6.20 Å². The lowest BCUT2D eigenvalue weighted by Gasteiger charge is -2.43. The minimum absolute atomic E-state index is 0.0179. The van der Waals surface area contributed by atoms with E-state index >= 15 is 0 Å². The van der Waals surface area contributed by atoms with Crippen molar-refractivity contribution >= 4 is 23.3 Å². The van der Waals surface area contributed by atoms with Gasteiger partial charge >= 0.3 is 6.09 Å². The van der Waals surface area contributed by atoms with Gasteiger partial charge in [0.05, 0.1) is 11.9 Å². The van der Waals surface area contributed by atoms with Crippen molar-refractivity contribution in [3.05, 3.63) is 29.6 Å². The number of hydrogen-bond acceptors (Lipinski definition) is 6. The van der Waals surface area contributed by atoms with Gasteiger partial charge in [0.25, 0.3) is 0 Å². The smallest absolute Gasteiger partial charge is 0.404 e. The van der Waals surface area contributed by atoms with E-state index in [1.165, 1.54) is 31.9 Å². The lowest BCUT2D eigenvalue weighted by Crippen LogP contribution is -2.44. The molecule has 2 aliphatic rings. The number of oxime groups is 1. The molecule has 3 heterocycles. The maximum absolute atomic E-state index is 11.3. The summed E-state index contributed by atoms with van der Waals surface area (Å²) in [6.07, 6.45) is 9.54. The number of aromatic nitrogens is 2. The third kappa shape index (κ3) is 5.00. The van der Waals surface area contributed by atoms with Crippen molar-refractivity contribution in [1.29, 1.82) is 0 Å². The standard InChI is InChI=1S/C25H37N5O3/c1-25(2,3)17-6-8-18(9-7-17)29-13-10-19(11-14-29)30-22(16-33-24(26)31)21(15-28-32)20-5-4-12-27-23(20)30/h4-5,12,15,17-19,32H,6-11,13-14,16H2,1-3H3,(H2,26,31). The van der Waals surface area contributed by atoms with E-state index in [0.717, 1.165) is 48.6 Å². The molecule has 1 saturated heterocycles. The van der Waals surface area contributed by atoms with Gasteiger partial charge in [-0.3, -0.25) is 0 Å². The summed E-state index contributed by atoms with van der Waals surface area (Å²) in [5.41, 5.74) is 7.95. The highest BCUT2D eigenvalue weighted by molar-refractivity contribution is 5.99. The van der Waals surface area contributed by atoms with Gasteiger partial charge in [-0.1, -0.05) is 25.9 Å². The van der Waals surface area contributed by atoms with Crippen LogP contribution in [-0.4, -0.2) is 51.1 Å². The molecule has 180 valence electrons. The Morgan fingerprint density at radius 1 is 1.21 bits per heavy atom. The molecule has 8 heteroatoms. The molecule has 4 rings (SSSR count). The average molecular weight is 456 g/mol. The van der Waals surface area contributed by atoms with Gasteiger partial charge in [0.15, 0.2) is 0 Å². The van der Waals surface area contributed by atoms with Gasteiger partial charge in [-0.15, -0.1) is 0 Å². The van der Waals surface area contributed by atoms with Crippen LogP contribution in [0.2, 0.25) is 0 Å². The predicted molar refractivity (Wildman–Crippen MR) is 129 cm³/mol. The second-order valence-corrected chi connectivity index (χ2v) is 10.6. The first kappa shape index (κ1) is 23.5. The van der Waals surface area contributed by atoms with Gasteiger partial charge in [0.1, 0.15) is 12.3 Å². The van der Waals surface area contributed by atoms with Crippen LogP contribution in [0.1, 0.15) is 76.6 Å². The molecule has 0 unspecified atom stereocenters. The minimum Gasteiger partial charge on any atom is -0.443 e. The highest BCUT2D eigenvalue weighted by Gasteiger charge is 2.34. The second-order valence-electron chi connectivity index (χ2n) is 10.6. The quantitative estimate of drug-likeness (QED) is 0.387. The Bertz CT molecular complexity index is 993. The third-order valence-electron chi connectivity index (χ3n) is 7.75. The van der Waals surface area contributed by atoms with Crippen LogP contribution in [0.25, 0.3) is 11.0 Å². The number of primary amides is 1. The summed E-state index contributed by atoms with van der Waals surface area (Å²) < 4.78 is 7.34. The average Bonchev–Trinajstić information content (AvgIpc) is 3.11. The topological polar surface area (TPSA) is 106 Å². The van der Waals surface area contributed by atoms with Crippen molar-refractivity contribution in [3.63, 3.8) is 0 Å². The zero-order chi connectivity index (χ0) is 23.6. The molecule has 1 aliphatic heterocycles. The van der Waals surface area contributed by atoms with Crippen LogP contribution in [0.3, 0.4) is 0 Å². The van der Waals surface area contributed by atoms with Crippen molar-refractivity contribution in [3.8, 4) is 0 Å². The molecule has 0 radical (unpaired) electrons. The number of fused-ring (bicyclic) bond motifs is 1. The van der Waals surface area contributed by atoms with Gasteiger partial charge in [0.2, 0.25) is 0 Å². The van der Waals surface area contributed by atoms with Crippen LogP contribution in [0.5, 0.6) is 0 Å². The number of carbonyl (C=O) groups excluding carboxylic acids is 1. The predicted octanol–water partition coefficient (Wildman–Crippen LogP) is 4.68. The lowest BCUT2D eigenvalue weighted by atomic mass is 9.71. The van der Waals surface area contributed by atoms with Crippen LogP contribution < -0.4 is 5.73 Å². The fourth-order valence-electron chi connectivity index (χ4n) is 5.91. The Morgan fingerprint density at radius 2 is 1.91 bits per heavy atom. The molecule has 8 nitrogen and oxygen atoms in total. The number of carbonyl (C=O) groups is 1. The van der Waals surface area contributed by atoms with E-state index in [4.69, 9.17) is 10.5 Å². The molecule has 2 aromatic heterocycles. The summed E-state index contributed by atoms with van der Waals surface area (Å²) in [5.74, 6) is 0.822. The van der Waals surface area contributed by atoms with Crippen LogP contribution in [0.4, 0.5) is 4.79 Å². The Hall–Kier alpha value is -2.61. The molecule has 0 atom stereocenters. The number of pyridine rings is 1. The number of hydrogen-bond donors (Lipinski definition) is 2. The summed E-state index contributed by atoms with van der Waals surface area (Å²) in [6.45, 7) is 9.21. The SMILES string of the molecule is CC(C)(C)C1CCC(N2CCC(n3c(COC(N)=O)c(C=NO)c4cccnc43)CC2)CC1. The first-order valence-electron chi connectivity index (χ1n) is 12.1. The summed E-state index contributed by atoms with van der Waals surface area (Å²) in [4.78, 5) is 18.6. The Kier molecular flexibility index (Phi) is 6.93. The number of ether oxygens (including phenoxy) is 1. The van der Waals surface area contributed by atoms with Crippen molar-refractivity contribution in [2.45, 2.75) is 78.0 Å². The normalized spacial score (nSPS) is 23.4. The zero-order valence-electron chi connectivity index (χ0n) is 20.0. The Labute approximate surface area is 195 Å². The molecule has 3 N–H and O–H groups in total. The molecule has 0 spiro atoms. The Balaban J connectivity index is 1.52. The maximum Gasteiger partial charge on any atom is 0.404 e. The highest BCUT2D eigenvalue weighted by Crippen LogP contribution is 2.40. The first-order chi connectivity index (χ1) is 15.8. The van der Waals surface area contributed by atoms with Gasteiger partial charge in [-0.25, -0.2) is 9.78 Å². The molecule has 0 aromatic carbocycles. The molecule has 2 aromatic rings. The van der Waals surface area contributed by atoms with Crippen molar-refractivity contribution in [2.75, 3.05) is 13.1 Å². The fourth-order valence-corrected chi connectivity index (χ4v) is 5.91. The number of nitrogens with two attached hydrogens (primary N) is 1. The minimum atomic E-state index is -0.827. The highest BCUT2D eigenvalue weighted by atomic mass is 16.5. The van der Waals surface area contributed by atoms with Crippen molar-refractivity contribution in [2.24, 2.45) is 22.2 Å². The van der Waals surface area contributed by atoms with Crippen LogP contribution in [0.15, 0.2) is 23.5 Å². The molecule has 1 saturated carbocycles. The van der Waals surface area contributed by atoms with Crippen LogP contribution in [0, 0.1) is 11.3 Å². The molecule has 2 fully saturated rings. The number of likely N-dealkylation sites (tertiary alicyclic amines) is 1. The number of nitrogens with zero attached hydrogens (tertiary/aromatic N) is 4. The molecular formula is C25H37N5O3. The Morgan fingerprint density at radius 3 is 2.52 bits per heavy atom. The van der Waals surface area contributed by atoms with Crippen molar-refractivity contribution < 1.29 is 14.7 Å². The van der Waals surface area contributed by atoms with Crippen LogP contribution in [-0.2, 0) is 11.3 Å². The van der Waals surface area contributed by atoms with E-state index in [9.17, 15) is 10.0 Å². The van der Waals surface area contributed by atoms with Crippen LogP contribution >= 0.6 is 0 Å². The second kappa shape index (κ2) is 9.71. The summed E-state index contributed by atoms with van der Waals surface area (Å²) >= 11 is 0. The fraction of sp³-hybridized carbons (Fsp3) is 0.640. The molecule has 1 aliphatic carbocycles. The lowest BCUT2D eigenvalue weighted by molar-refractivity contribution is 0.0711. The third-order valence-corrected chi connectivity index (χ3v) is 7.75. The largest absolute Gasteiger partial charge is 0.443 e. The van der Waals surface area contributed by atoms with Gasteiger partial charge in [-0.2, -0.15) is 0 Å². The monoisotopic (exact) mass is 455 g/mol. The van der Waals surface area contributed by atoms with Gasteiger partial charge in [-0.05, 0) is 62.0 Å². The molecular weight excluding hydrogens is 418 g/mol. The van der Waals surface area contributed by atoms with E-state index < -0.39 is 6.09 Å². The van der Waals surface area contributed by atoms with E-state index in [2.05, 4.69) is 40.4 Å². The van der Waals surface area contributed by atoms with Crippen molar-refractivity contribution in [1.82, 2.24) is 14.5 Å².